The molecule has 1 atom stereocenters. The van der Waals surface area contributed by atoms with E-state index in [4.69, 9.17) is 4.74 Å². The molecule has 0 aliphatic carbocycles. The number of likely N-dealkylation sites (tertiary alicyclic amines) is 1. The van der Waals surface area contributed by atoms with E-state index >= 15 is 0 Å². The number of hydrogen-bond donors (Lipinski definition) is 0. The average molecular weight is 341 g/mol. The Morgan fingerprint density at radius 1 is 1.20 bits per heavy atom. The van der Waals surface area contributed by atoms with E-state index in [9.17, 15) is 4.79 Å². The molecule has 0 radical (unpaired) electrons. The summed E-state index contributed by atoms with van der Waals surface area (Å²) in [6.07, 6.45) is 4.24. The molecule has 2 fully saturated rings. The SMILES string of the molecule is CCn1ccc2c(CN3CCC[C@H]3C(=O)N3CCOCC3)cccc21. The van der Waals surface area contributed by atoms with Crippen LogP contribution in [0.1, 0.15) is 25.3 Å². The number of amides is 1. The Hall–Kier alpha value is -1.85. The van der Waals surface area contributed by atoms with Crippen molar-refractivity contribution in [2.24, 2.45) is 0 Å². The van der Waals surface area contributed by atoms with Crippen molar-refractivity contribution in [2.45, 2.75) is 38.9 Å². The first-order chi connectivity index (χ1) is 12.3. The zero-order chi connectivity index (χ0) is 17.2. The molecule has 5 nitrogen and oxygen atoms in total. The number of fused-ring (bicyclic) bond motifs is 1. The van der Waals surface area contributed by atoms with Crippen LogP contribution in [0.5, 0.6) is 0 Å². The lowest BCUT2D eigenvalue weighted by atomic mass is 10.1. The third-order valence-electron chi connectivity index (χ3n) is 5.59. The summed E-state index contributed by atoms with van der Waals surface area (Å²) in [6.45, 7) is 7.82. The summed E-state index contributed by atoms with van der Waals surface area (Å²) in [4.78, 5) is 17.3. The second-order valence-electron chi connectivity index (χ2n) is 7.02. The van der Waals surface area contributed by atoms with Crippen molar-refractivity contribution in [1.29, 1.82) is 0 Å². The molecule has 2 aliphatic heterocycles. The fourth-order valence-electron chi connectivity index (χ4n) is 4.21. The second kappa shape index (κ2) is 7.18. The largest absolute Gasteiger partial charge is 0.378 e. The highest BCUT2D eigenvalue weighted by molar-refractivity contribution is 5.84. The maximum absolute atomic E-state index is 12.9. The van der Waals surface area contributed by atoms with Gasteiger partial charge in [-0.15, -0.1) is 0 Å². The summed E-state index contributed by atoms with van der Waals surface area (Å²) in [7, 11) is 0. The van der Waals surface area contributed by atoms with E-state index in [0.717, 1.165) is 45.6 Å². The van der Waals surface area contributed by atoms with Crippen LogP contribution in [0.3, 0.4) is 0 Å². The Balaban J connectivity index is 1.53. The molecule has 1 aromatic carbocycles. The smallest absolute Gasteiger partial charge is 0.240 e. The summed E-state index contributed by atoms with van der Waals surface area (Å²) < 4.78 is 7.66. The highest BCUT2D eigenvalue weighted by atomic mass is 16.5. The van der Waals surface area contributed by atoms with E-state index in [-0.39, 0.29) is 6.04 Å². The first kappa shape index (κ1) is 16.6. The summed E-state index contributed by atoms with van der Waals surface area (Å²) in [5.74, 6) is 0.291. The van der Waals surface area contributed by atoms with Gasteiger partial charge < -0.3 is 14.2 Å². The third kappa shape index (κ3) is 3.18. The van der Waals surface area contributed by atoms with Crippen molar-refractivity contribution >= 4 is 16.8 Å². The number of aromatic nitrogens is 1. The molecular weight excluding hydrogens is 314 g/mol. The molecule has 25 heavy (non-hydrogen) atoms. The lowest BCUT2D eigenvalue weighted by Crippen LogP contribution is -2.49. The van der Waals surface area contributed by atoms with Gasteiger partial charge in [0, 0.05) is 43.3 Å². The van der Waals surface area contributed by atoms with Crippen molar-refractivity contribution in [1.82, 2.24) is 14.4 Å². The third-order valence-corrected chi connectivity index (χ3v) is 5.59. The molecule has 0 saturated carbocycles. The van der Waals surface area contributed by atoms with Gasteiger partial charge in [0.2, 0.25) is 5.91 Å². The van der Waals surface area contributed by atoms with Crippen LogP contribution < -0.4 is 0 Å². The van der Waals surface area contributed by atoms with E-state index in [0.29, 0.717) is 19.1 Å². The predicted molar refractivity (Wildman–Crippen MR) is 98.4 cm³/mol. The molecule has 5 heteroatoms. The molecule has 1 aromatic heterocycles. The van der Waals surface area contributed by atoms with Crippen molar-refractivity contribution in [3.8, 4) is 0 Å². The van der Waals surface area contributed by atoms with Crippen LogP contribution in [0, 0.1) is 0 Å². The predicted octanol–water partition coefficient (Wildman–Crippen LogP) is 2.48. The molecule has 1 amide bonds. The number of morpholine rings is 1. The molecule has 0 bridgehead atoms. The van der Waals surface area contributed by atoms with Crippen molar-refractivity contribution in [3.63, 3.8) is 0 Å². The number of aryl methyl sites for hydroxylation is 1. The molecule has 4 rings (SSSR count). The standard InChI is InChI=1S/C20H27N3O2/c1-2-21-10-8-17-16(5-3-6-18(17)21)15-23-9-4-7-19(23)20(24)22-11-13-25-14-12-22/h3,5-6,8,10,19H,2,4,7,9,11-15H2,1H3/t19-/m0/s1. The fraction of sp³-hybridized carbons (Fsp3) is 0.550. The van der Waals surface area contributed by atoms with Gasteiger partial charge in [-0.1, -0.05) is 12.1 Å². The first-order valence-electron chi connectivity index (χ1n) is 9.45. The zero-order valence-electron chi connectivity index (χ0n) is 15.0. The molecule has 3 heterocycles. The molecule has 134 valence electrons. The normalized spacial score (nSPS) is 22.0. The number of carbonyl (C=O) groups is 1. The topological polar surface area (TPSA) is 37.7 Å². The lowest BCUT2D eigenvalue weighted by Gasteiger charge is -2.32. The van der Waals surface area contributed by atoms with Crippen LogP contribution in [0.2, 0.25) is 0 Å². The zero-order valence-corrected chi connectivity index (χ0v) is 15.0. The number of benzene rings is 1. The average Bonchev–Trinajstić information content (AvgIpc) is 3.29. The van der Waals surface area contributed by atoms with Crippen LogP contribution in [-0.2, 0) is 22.6 Å². The minimum Gasteiger partial charge on any atom is -0.378 e. The van der Waals surface area contributed by atoms with Crippen LogP contribution in [0.4, 0.5) is 0 Å². The second-order valence-corrected chi connectivity index (χ2v) is 7.02. The van der Waals surface area contributed by atoms with Gasteiger partial charge in [-0.2, -0.15) is 0 Å². The fourth-order valence-corrected chi connectivity index (χ4v) is 4.21. The van der Waals surface area contributed by atoms with Crippen LogP contribution in [0.25, 0.3) is 10.9 Å². The van der Waals surface area contributed by atoms with Gasteiger partial charge in [-0.05, 0) is 44.0 Å². The first-order valence-corrected chi connectivity index (χ1v) is 9.45. The van der Waals surface area contributed by atoms with Crippen molar-refractivity contribution in [3.05, 3.63) is 36.0 Å². The van der Waals surface area contributed by atoms with Crippen molar-refractivity contribution in [2.75, 3.05) is 32.8 Å². The number of nitrogens with zero attached hydrogens (tertiary/aromatic N) is 3. The van der Waals surface area contributed by atoms with Crippen LogP contribution in [-0.4, -0.2) is 59.2 Å². The number of ether oxygens (including phenoxy) is 1. The Morgan fingerprint density at radius 2 is 2.04 bits per heavy atom. The van der Waals surface area contributed by atoms with Gasteiger partial charge in [-0.25, -0.2) is 0 Å². The molecule has 2 aromatic rings. The summed E-state index contributed by atoms with van der Waals surface area (Å²) in [6, 6.07) is 8.77. The Bertz CT molecular complexity index is 748. The molecular formula is C20H27N3O2. The summed E-state index contributed by atoms with van der Waals surface area (Å²) >= 11 is 0. The van der Waals surface area contributed by atoms with E-state index in [1.165, 1.54) is 16.5 Å². The van der Waals surface area contributed by atoms with Gasteiger partial charge >= 0.3 is 0 Å². The minimum atomic E-state index is 0.0293. The van der Waals surface area contributed by atoms with Crippen LogP contribution >= 0.6 is 0 Å². The van der Waals surface area contributed by atoms with E-state index < -0.39 is 0 Å². The number of rotatable bonds is 4. The van der Waals surface area contributed by atoms with Crippen molar-refractivity contribution < 1.29 is 9.53 Å². The van der Waals surface area contributed by atoms with Crippen LogP contribution in [0.15, 0.2) is 30.5 Å². The number of carbonyl (C=O) groups excluding carboxylic acids is 1. The Kier molecular flexibility index (Phi) is 4.77. The highest BCUT2D eigenvalue weighted by Crippen LogP contribution is 2.26. The quantitative estimate of drug-likeness (QED) is 0.857. The molecule has 2 aliphatic rings. The van der Waals surface area contributed by atoms with E-state index in [2.05, 4.69) is 46.9 Å². The van der Waals surface area contributed by atoms with E-state index in [1.54, 1.807) is 0 Å². The van der Waals surface area contributed by atoms with Gasteiger partial charge in [0.25, 0.3) is 0 Å². The number of hydrogen-bond acceptors (Lipinski definition) is 3. The van der Waals surface area contributed by atoms with Gasteiger partial charge in [0.15, 0.2) is 0 Å². The summed E-state index contributed by atoms with van der Waals surface area (Å²) in [5, 5.41) is 1.31. The van der Waals surface area contributed by atoms with Gasteiger partial charge in [0.05, 0.1) is 19.3 Å². The maximum Gasteiger partial charge on any atom is 0.240 e. The molecule has 0 spiro atoms. The van der Waals surface area contributed by atoms with Gasteiger partial charge in [-0.3, -0.25) is 9.69 Å². The maximum atomic E-state index is 12.9. The Labute approximate surface area is 149 Å². The molecule has 0 N–H and O–H groups in total. The van der Waals surface area contributed by atoms with E-state index in [1.807, 2.05) is 4.90 Å². The molecule has 0 unspecified atom stereocenters. The van der Waals surface area contributed by atoms with Gasteiger partial charge in [0.1, 0.15) is 0 Å². The lowest BCUT2D eigenvalue weighted by molar-refractivity contribution is -0.140. The monoisotopic (exact) mass is 341 g/mol. The Morgan fingerprint density at radius 3 is 2.84 bits per heavy atom. The molecule has 2 saturated heterocycles. The minimum absolute atomic E-state index is 0.0293. The summed E-state index contributed by atoms with van der Waals surface area (Å²) in [5.41, 5.74) is 2.61. The highest BCUT2D eigenvalue weighted by Gasteiger charge is 2.34.